The summed E-state index contributed by atoms with van der Waals surface area (Å²) in [6.45, 7) is 0.404. The first kappa shape index (κ1) is 24.0. The molecule has 3 aromatic carbocycles. The molecule has 0 aliphatic heterocycles. The van der Waals surface area contributed by atoms with Crippen molar-refractivity contribution in [3.8, 4) is 5.75 Å². The van der Waals surface area contributed by atoms with Gasteiger partial charge in [0.15, 0.2) is 0 Å². The molecule has 0 fully saturated rings. The summed E-state index contributed by atoms with van der Waals surface area (Å²) >= 11 is 0. The lowest BCUT2D eigenvalue weighted by Crippen LogP contribution is -2.31. The van der Waals surface area contributed by atoms with E-state index in [0.717, 1.165) is 11.1 Å². The standard InChI is InChI=1S/C27H25N3O4S/c1-34-26-13-6-5-12-25(26)30(20-22-8-3-2-4-9-22)35(32,33)24-11-7-10-23(18-24)27(31)29-19-21-14-16-28-17-15-21/h2-18H,19-20H2,1H3,(H,29,31). The summed E-state index contributed by atoms with van der Waals surface area (Å²) in [5.74, 6) is 0.0593. The summed E-state index contributed by atoms with van der Waals surface area (Å²) in [7, 11) is -2.54. The van der Waals surface area contributed by atoms with Crippen molar-refractivity contribution >= 4 is 21.6 Å². The number of rotatable bonds is 9. The molecule has 0 saturated heterocycles. The van der Waals surface area contributed by atoms with Gasteiger partial charge in [0.1, 0.15) is 5.75 Å². The second-order valence-corrected chi connectivity index (χ2v) is 9.60. The van der Waals surface area contributed by atoms with Crippen molar-refractivity contribution in [2.75, 3.05) is 11.4 Å². The molecule has 178 valence electrons. The van der Waals surface area contributed by atoms with Crippen molar-refractivity contribution in [1.29, 1.82) is 0 Å². The lowest BCUT2D eigenvalue weighted by atomic mass is 10.2. The average Bonchev–Trinajstić information content (AvgIpc) is 2.91. The van der Waals surface area contributed by atoms with Crippen LogP contribution >= 0.6 is 0 Å². The Bertz CT molecular complexity index is 1390. The molecule has 35 heavy (non-hydrogen) atoms. The highest BCUT2D eigenvalue weighted by Crippen LogP contribution is 2.33. The number of benzene rings is 3. The van der Waals surface area contributed by atoms with E-state index in [1.807, 2.05) is 30.3 Å². The van der Waals surface area contributed by atoms with Gasteiger partial charge in [0.05, 0.1) is 24.2 Å². The van der Waals surface area contributed by atoms with E-state index >= 15 is 0 Å². The van der Waals surface area contributed by atoms with E-state index in [1.54, 1.807) is 60.9 Å². The van der Waals surface area contributed by atoms with Gasteiger partial charge in [0.25, 0.3) is 15.9 Å². The van der Waals surface area contributed by atoms with Gasteiger partial charge in [-0.15, -0.1) is 0 Å². The number of methoxy groups -OCH3 is 1. The number of anilines is 1. The molecule has 0 spiro atoms. The zero-order valence-electron chi connectivity index (χ0n) is 19.2. The Balaban J connectivity index is 1.67. The summed E-state index contributed by atoms with van der Waals surface area (Å²) in [6, 6.07) is 25.9. The van der Waals surface area contributed by atoms with Crippen LogP contribution in [0.2, 0.25) is 0 Å². The summed E-state index contributed by atoms with van der Waals surface area (Å²) in [6.07, 6.45) is 3.29. The molecule has 4 aromatic rings. The van der Waals surface area contributed by atoms with Crippen molar-refractivity contribution in [3.63, 3.8) is 0 Å². The molecule has 0 aliphatic carbocycles. The van der Waals surface area contributed by atoms with E-state index in [9.17, 15) is 13.2 Å². The Hall–Kier alpha value is -4.17. The van der Waals surface area contributed by atoms with E-state index in [4.69, 9.17) is 4.74 Å². The third-order valence-corrected chi connectivity index (χ3v) is 7.17. The average molecular weight is 488 g/mol. The summed E-state index contributed by atoms with van der Waals surface area (Å²) in [4.78, 5) is 16.7. The third kappa shape index (κ3) is 5.67. The van der Waals surface area contributed by atoms with Crippen LogP contribution in [0, 0.1) is 0 Å². The zero-order chi connectivity index (χ0) is 24.7. The largest absolute Gasteiger partial charge is 0.495 e. The second kappa shape index (κ2) is 10.8. The minimum absolute atomic E-state index is 0.0101. The molecular weight excluding hydrogens is 462 g/mol. The van der Waals surface area contributed by atoms with Crippen LogP contribution in [0.15, 0.2) is 108 Å². The van der Waals surface area contributed by atoms with E-state index in [1.165, 1.54) is 23.5 Å². The number of aromatic nitrogens is 1. The fraction of sp³-hybridized carbons (Fsp3) is 0.111. The van der Waals surface area contributed by atoms with E-state index < -0.39 is 10.0 Å². The predicted octanol–water partition coefficient (Wildman–Crippen LogP) is 4.42. The maximum atomic E-state index is 13.9. The van der Waals surface area contributed by atoms with Crippen molar-refractivity contribution in [2.24, 2.45) is 0 Å². The smallest absolute Gasteiger partial charge is 0.264 e. The number of nitrogens with zero attached hydrogens (tertiary/aromatic N) is 2. The molecule has 7 nitrogen and oxygen atoms in total. The van der Waals surface area contributed by atoms with Gasteiger partial charge in [0, 0.05) is 24.5 Å². The topological polar surface area (TPSA) is 88.6 Å². The molecule has 1 aromatic heterocycles. The van der Waals surface area contributed by atoms with Gasteiger partial charge in [-0.2, -0.15) is 0 Å². The lowest BCUT2D eigenvalue weighted by molar-refractivity contribution is 0.0950. The second-order valence-electron chi connectivity index (χ2n) is 7.74. The Labute approximate surface area is 205 Å². The Morgan fingerprint density at radius 3 is 2.34 bits per heavy atom. The number of sulfonamides is 1. The van der Waals surface area contributed by atoms with E-state index in [-0.39, 0.29) is 22.9 Å². The normalized spacial score (nSPS) is 11.0. The van der Waals surface area contributed by atoms with Crippen LogP contribution in [-0.2, 0) is 23.1 Å². The lowest BCUT2D eigenvalue weighted by Gasteiger charge is -2.26. The van der Waals surface area contributed by atoms with Crippen molar-refractivity contribution in [2.45, 2.75) is 18.0 Å². The first-order chi connectivity index (χ1) is 17.0. The molecule has 1 heterocycles. The van der Waals surface area contributed by atoms with Gasteiger partial charge >= 0.3 is 0 Å². The number of carbonyl (C=O) groups excluding carboxylic acids is 1. The van der Waals surface area contributed by atoms with Gasteiger partial charge in [-0.25, -0.2) is 8.42 Å². The van der Waals surface area contributed by atoms with Crippen LogP contribution in [0.4, 0.5) is 5.69 Å². The number of nitrogens with one attached hydrogen (secondary N) is 1. The van der Waals surface area contributed by atoms with Gasteiger partial charge in [-0.3, -0.25) is 14.1 Å². The molecule has 1 N–H and O–H groups in total. The van der Waals surface area contributed by atoms with Gasteiger partial charge in [0.2, 0.25) is 0 Å². The molecular formula is C27H25N3O4S. The molecule has 0 atom stereocenters. The van der Waals surface area contributed by atoms with Crippen molar-refractivity contribution < 1.29 is 17.9 Å². The Kier molecular flexibility index (Phi) is 7.42. The fourth-order valence-corrected chi connectivity index (χ4v) is 5.10. The van der Waals surface area contributed by atoms with Crippen LogP contribution in [0.3, 0.4) is 0 Å². The number of amides is 1. The Morgan fingerprint density at radius 2 is 1.60 bits per heavy atom. The molecule has 0 saturated carbocycles. The minimum atomic E-state index is -4.04. The number of pyridine rings is 1. The highest BCUT2D eigenvalue weighted by molar-refractivity contribution is 7.92. The summed E-state index contributed by atoms with van der Waals surface area (Å²) in [5, 5.41) is 2.82. The number of ether oxygens (including phenoxy) is 1. The fourth-order valence-electron chi connectivity index (χ4n) is 3.59. The monoisotopic (exact) mass is 487 g/mol. The molecule has 8 heteroatoms. The van der Waals surface area contributed by atoms with E-state index in [0.29, 0.717) is 18.0 Å². The van der Waals surface area contributed by atoms with Crippen LogP contribution in [0.25, 0.3) is 0 Å². The summed E-state index contributed by atoms with van der Waals surface area (Å²) in [5.41, 5.74) is 2.36. The molecule has 0 unspecified atom stereocenters. The highest BCUT2D eigenvalue weighted by Gasteiger charge is 2.28. The molecule has 0 bridgehead atoms. The number of para-hydroxylation sites is 2. The van der Waals surface area contributed by atoms with Crippen molar-refractivity contribution in [1.82, 2.24) is 10.3 Å². The van der Waals surface area contributed by atoms with E-state index in [2.05, 4.69) is 10.3 Å². The van der Waals surface area contributed by atoms with Crippen LogP contribution in [-0.4, -0.2) is 26.4 Å². The SMILES string of the molecule is COc1ccccc1N(Cc1ccccc1)S(=O)(=O)c1cccc(C(=O)NCc2ccncc2)c1. The van der Waals surface area contributed by atoms with Gasteiger partial charge in [-0.05, 0) is 53.6 Å². The zero-order valence-corrected chi connectivity index (χ0v) is 20.0. The van der Waals surface area contributed by atoms with Crippen LogP contribution in [0.1, 0.15) is 21.5 Å². The minimum Gasteiger partial charge on any atom is -0.495 e. The van der Waals surface area contributed by atoms with Gasteiger partial charge in [-0.1, -0.05) is 48.5 Å². The molecule has 4 rings (SSSR count). The number of hydrogen-bond acceptors (Lipinski definition) is 5. The first-order valence-electron chi connectivity index (χ1n) is 11.0. The summed E-state index contributed by atoms with van der Waals surface area (Å²) < 4.78 is 34.5. The maximum absolute atomic E-state index is 13.9. The first-order valence-corrected chi connectivity index (χ1v) is 12.4. The maximum Gasteiger partial charge on any atom is 0.264 e. The molecule has 0 radical (unpaired) electrons. The quantitative estimate of drug-likeness (QED) is 0.378. The van der Waals surface area contributed by atoms with Crippen LogP contribution in [0.5, 0.6) is 5.75 Å². The third-order valence-electron chi connectivity index (χ3n) is 5.41. The van der Waals surface area contributed by atoms with Gasteiger partial charge < -0.3 is 10.1 Å². The molecule has 0 aliphatic rings. The number of hydrogen-bond donors (Lipinski definition) is 1. The predicted molar refractivity (Wildman–Crippen MR) is 135 cm³/mol. The Morgan fingerprint density at radius 1 is 0.886 bits per heavy atom. The van der Waals surface area contributed by atoms with Crippen LogP contribution < -0.4 is 14.4 Å². The highest BCUT2D eigenvalue weighted by atomic mass is 32.2. The number of carbonyl (C=O) groups is 1. The molecule has 1 amide bonds. The van der Waals surface area contributed by atoms with Crippen molar-refractivity contribution in [3.05, 3.63) is 120 Å².